The molecule has 1 fully saturated rings. The van der Waals surface area contributed by atoms with Crippen molar-refractivity contribution in [3.05, 3.63) is 70.8 Å². The largest absolute Gasteiger partial charge is 0.439 e. The third-order valence-corrected chi connectivity index (χ3v) is 4.43. The zero-order chi connectivity index (χ0) is 23.9. The van der Waals surface area contributed by atoms with E-state index in [2.05, 4.69) is 4.74 Å². The summed E-state index contributed by atoms with van der Waals surface area (Å²) in [7, 11) is 0. The summed E-state index contributed by atoms with van der Waals surface area (Å²) < 4.78 is 77.7. The summed E-state index contributed by atoms with van der Waals surface area (Å²) in [5.74, 6) is -0.433. The fourth-order valence-electron chi connectivity index (χ4n) is 2.69. The smallest absolute Gasteiger partial charge is 0.417 e. The molecule has 0 bridgehead atoms. The number of rotatable bonds is 5. The molecule has 1 heterocycles. The number of cyclic esters (lactones) is 1. The third kappa shape index (κ3) is 7.26. The number of hydrogen-bond donors (Lipinski definition) is 1. The molecule has 2 amide bonds. The maximum absolute atomic E-state index is 12.3. The number of carbonyl (C=O) groups excluding carboxylic acids is 2. The fraction of sp³-hybridized carbons (Fsp3) is 0.333. The van der Waals surface area contributed by atoms with E-state index in [0.29, 0.717) is 24.0 Å². The summed E-state index contributed by atoms with van der Waals surface area (Å²) in [5, 5.41) is 8.53. The first-order valence-corrected chi connectivity index (χ1v) is 9.32. The molecule has 0 unspecified atom stereocenters. The van der Waals surface area contributed by atoms with E-state index in [4.69, 9.17) is 5.11 Å². The van der Waals surface area contributed by atoms with Gasteiger partial charge in [-0.3, -0.25) is 4.79 Å². The van der Waals surface area contributed by atoms with E-state index < -0.39 is 35.5 Å². The van der Waals surface area contributed by atoms with E-state index >= 15 is 0 Å². The first-order chi connectivity index (χ1) is 14.9. The molecule has 0 aromatic heterocycles. The van der Waals surface area contributed by atoms with E-state index in [0.717, 1.165) is 29.2 Å². The second kappa shape index (κ2) is 10.5. The number of hydrogen-bond acceptors (Lipinski definition) is 4. The van der Waals surface area contributed by atoms with Gasteiger partial charge in [-0.1, -0.05) is 24.3 Å². The van der Waals surface area contributed by atoms with Crippen LogP contribution in [0, 0.1) is 0 Å². The van der Waals surface area contributed by atoms with Crippen molar-refractivity contribution in [1.82, 2.24) is 4.90 Å². The van der Waals surface area contributed by atoms with Crippen molar-refractivity contribution < 1.29 is 45.8 Å². The van der Waals surface area contributed by atoms with Crippen LogP contribution >= 0.6 is 0 Å². The molecular weight excluding hydrogens is 444 g/mol. The Kier molecular flexibility index (Phi) is 8.25. The highest BCUT2D eigenvalue weighted by Gasteiger charge is 2.32. The summed E-state index contributed by atoms with van der Waals surface area (Å²) >= 11 is 0. The van der Waals surface area contributed by atoms with Gasteiger partial charge < -0.3 is 9.84 Å². The van der Waals surface area contributed by atoms with Crippen molar-refractivity contribution in [2.24, 2.45) is 0 Å². The molecule has 0 atom stereocenters. The maximum atomic E-state index is 12.3. The number of nitrogens with zero attached hydrogens (tertiary/aromatic N) is 1. The predicted octanol–water partition coefficient (Wildman–Crippen LogP) is 4.47. The Balaban J connectivity index is 0.000000244. The number of aliphatic hydroxyl groups is 1. The number of aliphatic hydroxyl groups excluding tert-OH is 1. The lowest BCUT2D eigenvalue weighted by atomic mass is 10.1. The first-order valence-electron chi connectivity index (χ1n) is 9.32. The monoisotopic (exact) mass is 463 g/mol. The predicted molar refractivity (Wildman–Crippen MR) is 100 cm³/mol. The van der Waals surface area contributed by atoms with E-state index in [1.807, 2.05) is 0 Å². The fourth-order valence-corrected chi connectivity index (χ4v) is 2.69. The minimum atomic E-state index is -4.37. The number of amides is 2. The Labute approximate surface area is 179 Å². The van der Waals surface area contributed by atoms with Gasteiger partial charge in [-0.15, -0.1) is 0 Å². The summed E-state index contributed by atoms with van der Waals surface area (Å²) in [6.45, 7) is -0.222. The van der Waals surface area contributed by atoms with Crippen molar-refractivity contribution in [2.45, 2.75) is 25.2 Å². The van der Waals surface area contributed by atoms with Crippen LogP contribution in [0.2, 0.25) is 0 Å². The topological polar surface area (TPSA) is 66.8 Å². The van der Waals surface area contributed by atoms with Crippen LogP contribution < -0.4 is 0 Å². The Bertz CT molecular complexity index is 892. The molecule has 0 saturated carbocycles. The average molecular weight is 463 g/mol. The van der Waals surface area contributed by atoms with E-state index in [1.165, 1.54) is 24.3 Å². The van der Waals surface area contributed by atoms with Crippen molar-refractivity contribution in [3.63, 3.8) is 0 Å². The van der Waals surface area contributed by atoms with E-state index in [-0.39, 0.29) is 19.8 Å². The molecule has 1 N–H and O–H groups in total. The van der Waals surface area contributed by atoms with Crippen molar-refractivity contribution in [3.8, 4) is 0 Å². The van der Waals surface area contributed by atoms with Crippen LogP contribution in [-0.4, -0.2) is 41.8 Å². The van der Waals surface area contributed by atoms with E-state index in [9.17, 15) is 35.9 Å². The normalized spacial score (nSPS) is 14.2. The number of imide groups is 1. The Morgan fingerprint density at radius 2 is 1.22 bits per heavy atom. The molecule has 1 aliphatic heterocycles. The Morgan fingerprint density at radius 1 is 0.781 bits per heavy atom. The second-order valence-electron chi connectivity index (χ2n) is 6.71. The number of carbonyl (C=O) groups is 2. The lowest BCUT2D eigenvalue weighted by Crippen LogP contribution is -2.31. The summed E-state index contributed by atoms with van der Waals surface area (Å²) in [5.41, 5.74) is -0.0712. The van der Waals surface area contributed by atoms with Gasteiger partial charge in [0.2, 0.25) is 0 Å². The summed E-state index contributed by atoms with van der Waals surface area (Å²) in [4.78, 5) is 23.3. The molecule has 11 heteroatoms. The van der Waals surface area contributed by atoms with Crippen LogP contribution in [0.4, 0.5) is 31.1 Å². The standard InChI is InChI=1S/C12H10F3NO3.C9H9F3O/c13-12(14,15)9-3-1-8(2-4-9)5-6-16-10(17)7-19-11(16)18;10-9(11,12)8-3-1-7(2-4-8)5-6-13/h1-4H,5-7H2;1-4,13H,5-6H2. The summed E-state index contributed by atoms with van der Waals surface area (Å²) in [6.07, 6.45) is -8.68. The van der Waals surface area contributed by atoms with Gasteiger partial charge in [0.15, 0.2) is 6.61 Å². The van der Waals surface area contributed by atoms with Crippen molar-refractivity contribution in [1.29, 1.82) is 0 Å². The number of halogens is 6. The Hall–Kier alpha value is -3.08. The zero-order valence-electron chi connectivity index (χ0n) is 16.5. The highest BCUT2D eigenvalue weighted by molar-refractivity contribution is 5.97. The first kappa shape index (κ1) is 25.2. The quantitative estimate of drug-likeness (QED) is 0.665. The molecule has 2 aromatic carbocycles. The average Bonchev–Trinajstić information content (AvgIpc) is 3.04. The summed E-state index contributed by atoms with van der Waals surface area (Å²) in [6, 6.07) is 9.39. The van der Waals surface area contributed by atoms with Gasteiger partial charge in [0.05, 0.1) is 11.1 Å². The van der Waals surface area contributed by atoms with Gasteiger partial charge in [-0.2, -0.15) is 26.3 Å². The van der Waals surface area contributed by atoms with Crippen LogP contribution in [0.5, 0.6) is 0 Å². The lowest BCUT2D eigenvalue weighted by Gasteiger charge is -2.11. The van der Waals surface area contributed by atoms with Gasteiger partial charge in [0.1, 0.15) is 0 Å². The molecule has 1 aliphatic rings. The number of ether oxygens (including phenoxy) is 1. The van der Waals surface area contributed by atoms with Gasteiger partial charge in [-0.05, 0) is 48.2 Å². The molecule has 32 heavy (non-hydrogen) atoms. The number of alkyl halides is 6. The molecule has 0 radical (unpaired) electrons. The minimum absolute atomic E-state index is 0.0502. The van der Waals surface area contributed by atoms with Crippen LogP contribution in [0.25, 0.3) is 0 Å². The van der Waals surface area contributed by atoms with Gasteiger partial charge in [0, 0.05) is 13.2 Å². The minimum Gasteiger partial charge on any atom is -0.439 e. The SMILES string of the molecule is O=C1COC(=O)N1CCc1ccc(C(F)(F)F)cc1.OCCc1ccc(C(F)(F)F)cc1. The molecule has 1 saturated heterocycles. The second-order valence-corrected chi connectivity index (χ2v) is 6.71. The zero-order valence-corrected chi connectivity index (χ0v) is 16.5. The van der Waals surface area contributed by atoms with Crippen LogP contribution in [0.15, 0.2) is 48.5 Å². The van der Waals surface area contributed by atoms with Crippen LogP contribution in [0.3, 0.4) is 0 Å². The van der Waals surface area contributed by atoms with Crippen LogP contribution in [0.1, 0.15) is 22.3 Å². The molecule has 174 valence electrons. The maximum Gasteiger partial charge on any atom is 0.417 e. The highest BCUT2D eigenvalue weighted by Crippen LogP contribution is 2.30. The van der Waals surface area contributed by atoms with Crippen LogP contribution in [-0.2, 0) is 34.7 Å². The molecule has 0 aliphatic carbocycles. The Morgan fingerprint density at radius 3 is 1.56 bits per heavy atom. The van der Waals surface area contributed by atoms with Crippen molar-refractivity contribution in [2.75, 3.05) is 19.8 Å². The van der Waals surface area contributed by atoms with E-state index in [1.54, 1.807) is 0 Å². The highest BCUT2D eigenvalue weighted by atomic mass is 19.4. The van der Waals surface area contributed by atoms with Gasteiger partial charge in [0.25, 0.3) is 5.91 Å². The molecule has 0 spiro atoms. The molecule has 5 nitrogen and oxygen atoms in total. The third-order valence-electron chi connectivity index (χ3n) is 4.43. The number of benzene rings is 2. The van der Waals surface area contributed by atoms with Gasteiger partial charge in [-0.25, -0.2) is 9.69 Å². The lowest BCUT2D eigenvalue weighted by molar-refractivity contribution is -0.138. The molecule has 3 rings (SSSR count). The molecule has 2 aromatic rings. The molecular formula is C21H19F6NO4. The van der Waals surface area contributed by atoms with Gasteiger partial charge >= 0.3 is 18.4 Å². The van der Waals surface area contributed by atoms with Crippen molar-refractivity contribution >= 4 is 12.0 Å².